The highest BCUT2D eigenvalue weighted by Crippen LogP contribution is 2.53. The SMILES string of the molecule is COCCCN1C(=O)[C@@H]2[C@H](CCSC)N[C@]3(C(=O)Nc4ccc(Br)cc43)[C@@H]2C1=O. The van der Waals surface area contributed by atoms with Crippen molar-refractivity contribution in [1.29, 1.82) is 0 Å². The summed E-state index contributed by atoms with van der Waals surface area (Å²) in [4.78, 5) is 41.3. The number of halogens is 1. The van der Waals surface area contributed by atoms with Gasteiger partial charge in [-0.1, -0.05) is 15.9 Å². The number of methoxy groups -OCH3 is 1. The van der Waals surface area contributed by atoms with Crippen molar-refractivity contribution in [2.45, 2.75) is 24.4 Å². The average molecular weight is 482 g/mol. The second-order valence-electron chi connectivity index (χ2n) is 7.66. The highest BCUT2D eigenvalue weighted by molar-refractivity contribution is 9.10. The van der Waals surface area contributed by atoms with Gasteiger partial charge in [-0.3, -0.25) is 24.6 Å². The van der Waals surface area contributed by atoms with Crippen LogP contribution in [0.2, 0.25) is 0 Å². The summed E-state index contributed by atoms with van der Waals surface area (Å²) in [5.41, 5.74) is 0.210. The number of carbonyl (C=O) groups excluding carboxylic acids is 3. The van der Waals surface area contributed by atoms with Crippen LogP contribution in [0.1, 0.15) is 18.4 Å². The van der Waals surface area contributed by atoms with Crippen LogP contribution in [-0.2, 0) is 24.7 Å². The van der Waals surface area contributed by atoms with Crippen LogP contribution in [0.5, 0.6) is 0 Å². The Kier molecular flexibility index (Phi) is 5.76. The van der Waals surface area contributed by atoms with E-state index in [9.17, 15) is 14.4 Å². The van der Waals surface area contributed by atoms with Gasteiger partial charge in [-0.05, 0) is 43.0 Å². The number of amides is 3. The van der Waals surface area contributed by atoms with Gasteiger partial charge in [-0.25, -0.2) is 0 Å². The molecule has 1 aromatic carbocycles. The molecule has 3 aliphatic rings. The maximum atomic E-state index is 13.4. The largest absolute Gasteiger partial charge is 0.385 e. The molecule has 7 nitrogen and oxygen atoms in total. The summed E-state index contributed by atoms with van der Waals surface area (Å²) in [6.45, 7) is 0.790. The zero-order valence-electron chi connectivity index (χ0n) is 16.4. The molecule has 0 radical (unpaired) electrons. The van der Waals surface area contributed by atoms with E-state index in [0.29, 0.717) is 31.7 Å². The molecule has 2 fully saturated rings. The molecule has 1 spiro atoms. The van der Waals surface area contributed by atoms with Crippen LogP contribution in [0.3, 0.4) is 0 Å². The van der Waals surface area contributed by atoms with E-state index in [2.05, 4.69) is 26.6 Å². The predicted octanol–water partition coefficient (Wildman–Crippen LogP) is 1.96. The Morgan fingerprint density at radius 3 is 2.79 bits per heavy atom. The number of thioether (sulfide) groups is 1. The van der Waals surface area contributed by atoms with Gasteiger partial charge >= 0.3 is 0 Å². The molecular formula is C20H24BrN3O4S. The quantitative estimate of drug-likeness (QED) is 0.457. The van der Waals surface area contributed by atoms with Crippen molar-refractivity contribution in [3.8, 4) is 0 Å². The molecule has 9 heteroatoms. The third kappa shape index (κ3) is 3.13. The van der Waals surface area contributed by atoms with E-state index in [1.54, 1.807) is 18.9 Å². The number of likely N-dealkylation sites (tertiary alicyclic amines) is 1. The third-order valence-corrected chi connectivity index (χ3v) is 7.27. The zero-order valence-corrected chi connectivity index (χ0v) is 18.8. The van der Waals surface area contributed by atoms with Gasteiger partial charge in [0.2, 0.25) is 17.7 Å². The summed E-state index contributed by atoms with van der Waals surface area (Å²) in [6.07, 6.45) is 3.30. The number of nitrogens with zero attached hydrogens (tertiary/aromatic N) is 1. The molecule has 0 aliphatic carbocycles. The van der Waals surface area contributed by atoms with Gasteiger partial charge in [0.05, 0.1) is 11.8 Å². The molecule has 2 saturated heterocycles. The molecule has 29 heavy (non-hydrogen) atoms. The minimum Gasteiger partial charge on any atom is -0.385 e. The maximum Gasteiger partial charge on any atom is 0.250 e. The minimum atomic E-state index is -1.21. The van der Waals surface area contributed by atoms with E-state index in [1.807, 2.05) is 24.5 Å². The molecule has 0 bridgehead atoms. The molecule has 0 saturated carbocycles. The molecule has 0 aromatic heterocycles. The lowest BCUT2D eigenvalue weighted by Crippen LogP contribution is -2.53. The second-order valence-corrected chi connectivity index (χ2v) is 9.56. The van der Waals surface area contributed by atoms with Crippen molar-refractivity contribution in [2.75, 3.05) is 37.6 Å². The van der Waals surface area contributed by atoms with E-state index in [0.717, 1.165) is 15.8 Å². The van der Waals surface area contributed by atoms with Gasteiger partial charge in [0.15, 0.2) is 0 Å². The smallest absolute Gasteiger partial charge is 0.250 e. The van der Waals surface area contributed by atoms with Crippen LogP contribution in [0, 0.1) is 11.8 Å². The second kappa shape index (κ2) is 8.02. The molecule has 4 atom stereocenters. The molecule has 3 heterocycles. The highest BCUT2D eigenvalue weighted by atomic mass is 79.9. The first-order valence-electron chi connectivity index (χ1n) is 9.68. The molecule has 2 N–H and O–H groups in total. The van der Waals surface area contributed by atoms with Crippen LogP contribution in [-0.4, -0.2) is 60.9 Å². The van der Waals surface area contributed by atoms with Crippen LogP contribution < -0.4 is 10.6 Å². The number of anilines is 1. The Bertz CT molecular complexity index is 866. The van der Waals surface area contributed by atoms with E-state index in [-0.39, 0.29) is 23.8 Å². The Morgan fingerprint density at radius 2 is 2.07 bits per heavy atom. The summed E-state index contributed by atoms with van der Waals surface area (Å²) in [7, 11) is 1.59. The van der Waals surface area contributed by atoms with Crippen LogP contribution in [0.4, 0.5) is 5.69 Å². The Balaban J connectivity index is 1.77. The maximum absolute atomic E-state index is 13.4. The number of nitrogens with one attached hydrogen (secondary N) is 2. The summed E-state index contributed by atoms with van der Waals surface area (Å²) in [6, 6.07) is 5.33. The number of rotatable bonds is 7. The number of carbonyl (C=O) groups is 3. The van der Waals surface area contributed by atoms with Crippen LogP contribution in [0.15, 0.2) is 22.7 Å². The van der Waals surface area contributed by atoms with Gasteiger partial charge in [-0.2, -0.15) is 11.8 Å². The van der Waals surface area contributed by atoms with Crippen molar-refractivity contribution < 1.29 is 19.1 Å². The molecule has 0 unspecified atom stereocenters. The highest BCUT2D eigenvalue weighted by Gasteiger charge is 2.70. The first-order valence-corrected chi connectivity index (χ1v) is 11.9. The Morgan fingerprint density at radius 1 is 1.28 bits per heavy atom. The summed E-state index contributed by atoms with van der Waals surface area (Å²) in [5.74, 6) is -1.13. The van der Waals surface area contributed by atoms with Crippen molar-refractivity contribution in [1.82, 2.24) is 10.2 Å². The first kappa shape index (κ1) is 20.8. The summed E-state index contributed by atoms with van der Waals surface area (Å²) < 4.78 is 5.90. The lowest BCUT2D eigenvalue weighted by molar-refractivity contribution is -0.143. The Labute approximate surface area is 182 Å². The van der Waals surface area contributed by atoms with E-state index in [4.69, 9.17) is 4.74 Å². The molecule has 4 rings (SSSR count). The normalized spacial score (nSPS) is 30.2. The van der Waals surface area contributed by atoms with Crippen molar-refractivity contribution in [2.24, 2.45) is 11.8 Å². The number of imide groups is 1. The van der Waals surface area contributed by atoms with Gasteiger partial charge in [-0.15, -0.1) is 0 Å². The van der Waals surface area contributed by atoms with Crippen molar-refractivity contribution in [3.63, 3.8) is 0 Å². The number of hydrogen-bond acceptors (Lipinski definition) is 6. The lowest BCUT2D eigenvalue weighted by atomic mass is 9.76. The molecular weight excluding hydrogens is 458 g/mol. The fourth-order valence-electron chi connectivity index (χ4n) is 4.91. The number of hydrogen-bond donors (Lipinski definition) is 2. The van der Waals surface area contributed by atoms with Crippen LogP contribution in [0.25, 0.3) is 0 Å². The Hall–Kier alpha value is -1.42. The number of ether oxygens (including phenoxy) is 1. The van der Waals surface area contributed by atoms with Gasteiger partial charge in [0.1, 0.15) is 5.54 Å². The summed E-state index contributed by atoms with van der Waals surface area (Å²) in [5, 5.41) is 6.37. The predicted molar refractivity (Wildman–Crippen MR) is 115 cm³/mol. The van der Waals surface area contributed by atoms with Crippen molar-refractivity contribution in [3.05, 3.63) is 28.2 Å². The molecule has 156 valence electrons. The van der Waals surface area contributed by atoms with E-state index < -0.39 is 17.4 Å². The molecule has 1 aromatic rings. The van der Waals surface area contributed by atoms with Crippen molar-refractivity contribution >= 4 is 51.1 Å². The fraction of sp³-hybridized carbons (Fsp3) is 0.550. The summed E-state index contributed by atoms with van der Waals surface area (Å²) >= 11 is 5.17. The molecule has 3 amide bonds. The average Bonchev–Trinajstić information content (AvgIpc) is 3.27. The van der Waals surface area contributed by atoms with Crippen LogP contribution >= 0.6 is 27.7 Å². The van der Waals surface area contributed by atoms with Gasteiger partial charge in [0, 0.05) is 42.0 Å². The number of benzene rings is 1. The monoisotopic (exact) mass is 481 g/mol. The number of fused-ring (bicyclic) bond motifs is 4. The topological polar surface area (TPSA) is 87.7 Å². The van der Waals surface area contributed by atoms with Gasteiger partial charge in [0.25, 0.3) is 0 Å². The van der Waals surface area contributed by atoms with E-state index in [1.165, 1.54) is 4.90 Å². The zero-order chi connectivity index (χ0) is 20.8. The fourth-order valence-corrected chi connectivity index (χ4v) is 5.77. The molecule has 3 aliphatic heterocycles. The minimum absolute atomic E-state index is 0.178. The lowest BCUT2D eigenvalue weighted by Gasteiger charge is -2.29. The van der Waals surface area contributed by atoms with Gasteiger partial charge < -0.3 is 10.1 Å². The third-order valence-electron chi connectivity index (χ3n) is 6.13. The standard InChI is InChI=1S/C20H24BrN3O4S/c1-28-8-3-7-24-17(25)15-14(6-9-29-2)23-20(16(15)18(24)26)12-10-11(21)4-5-13(12)22-19(20)27/h4-5,10,14-16,23H,3,6-9H2,1-2H3,(H,22,27)/t14-,15+,16-,20-/m0/s1. The van der Waals surface area contributed by atoms with E-state index >= 15 is 0 Å². The first-order chi connectivity index (χ1) is 14.0.